The lowest BCUT2D eigenvalue weighted by Gasteiger charge is -2.14. The Kier molecular flexibility index (Phi) is 6.81. The minimum absolute atomic E-state index is 0.541. The Bertz CT molecular complexity index is 883. The molecule has 0 radical (unpaired) electrons. The van der Waals surface area contributed by atoms with Crippen LogP contribution < -0.4 is 15.4 Å². The van der Waals surface area contributed by atoms with Crippen LogP contribution in [0.25, 0.3) is 0 Å². The molecule has 146 valence electrons. The van der Waals surface area contributed by atoms with Crippen molar-refractivity contribution in [3.63, 3.8) is 0 Å². The number of benzene rings is 2. The summed E-state index contributed by atoms with van der Waals surface area (Å²) in [5, 5.41) is 6.66. The first kappa shape index (κ1) is 19.6. The molecular weight excluding hydrogens is 350 g/mol. The molecule has 2 N–H and O–H groups in total. The monoisotopic (exact) mass is 377 g/mol. The van der Waals surface area contributed by atoms with Gasteiger partial charge in [-0.3, -0.25) is 0 Å². The highest BCUT2D eigenvalue weighted by Gasteiger charge is 2.08. The molecule has 0 atom stereocenters. The van der Waals surface area contributed by atoms with Crippen molar-refractivity contribution in [1.29, 1.82) is 0 Å². The maximum Gasteiger partial charge on any atom is 0.229 e. The predicted octanol–water partition coefficient (Wildman–Crippen LogP) is 4.68. The minimum Gasteiger partial charge on any atom is -0.455 e. The molecule has 0 aliphatic rings. The first-order valence-corrected chi connectivity index (χ1v) is 9.43. The van der Waals surface area contributed by atoms with Crippen molar-refractivity contribution >= 4 is 17.5 Å². The molecule has 0 aliphatic carbocycles. The lowest BCUT2D eigenvalue weighted by atomic mass is 10.3. The summed E-state index contributed by atoms with van der Waals surface area (Å²) < 4.78 is 6.01. The lowest BCUT2D eigenvalue weighted by molar-refractivity contribution is 0.405. The highest BCUT2D eigenvalue weighted by atomic mass is 16.5. The average Bonchev–Trinajstić information content (AvgIpc) is 2.67. The molecule has 0 saturated heterocycles. The fraction of sp³-hybridized carbons (Fsp3) is 0.273. The number of aromatic nitrogens is 2. The third-order valence-corrected chi connectivity index (χ3v) is 4.05. The number of nitrogens with zero attached hydrogens (tertiary/aromatic N) is 3. The van der Waals surface area contributed by atoms with Crippen molar-refractivity contribution in [3.05, 3.63) is 66.4 Å². The summed E-state index contributed by atoms with van der Waals surface area (Å²) in [6.45, 7) is 3.86. The van der Waals surface area contributed by atoms with E-state index in [-0.39, 0.29) is 0 Å². The van der Waals surface area contributed by atoms with E-state index in [4.69, 9.17) is 4.74 Å². The molecule has 6 nitrogen and oxygen atoms in total. The number of para-hydroxylation sites is 3. The standard InChI is InChI=1S/C22H27N5O/c1-17-16-21(23-14-9-15-27(2)3)26-22(24-17)25-19-12-7-8-13-20(19)28-18-10-5-4-6-11-18/h4-8,10-13,16H,9,14-15H2,1-3H3,(H2,23,24,25,26). The van der Waals surface area contributed by atoms with Crippen LogP contribution in [0.15, 0.2) is 60.7 Å². The Balaban J connectivity index is 1.71. The SMILES string of the molecule is Cc1cc(NCCCN(C)C)nc(Nc2ccccc2Oc2ccccc2)n1. The van der Waals surface area contributed by atoms with Gasteiger partial charge in [0, 0.05) is 18.3 Å². The van der Waals surface area contributed by atoms with Crippen LogP contribution in [0.2, 0.25) is 0 Å². The molecule has 1 heterocycles. The summed E-state index contributed by atoms with van der Waals surface area (Å²) in [6.07, 6.45) is 1.05. The third kappa shape index (κ3) is 5.96. The molecule has 0 aliphatic heterocycles. The van der Waals surface area contributed by atoms with Gasteiger partial charge in [0.15, 0.2) is 5.75 Å². The molecule has 0 unspecified atom stereocenters. The van der Waals surface area contributed by atoms with Gasteiger partial charge in [0.2, 0.25) is 5.95 Å². The van der Waals surface area contributed by atoms with Crippen molar-refractivity contribution in [2.75, 3.05) is 37.8 Å². The number of ether oxygens (including phenoxy) is 1. The fourth-order valence-electron chi connectivity index (χ4n) is 2.72. The van der Waals surface area contributed by atoms with E-state index in [9.17, 15) is 0 Å². The van der Waals surface area contributed by atoms with E-state index in [1.807, 2.05) is 67.6 Å². The smallest absolute Gasteiger partial charge is 0.229 e. The van der Waals surface area contributed by atoms with Gasteiger partial charge in [-0.25, -0.2) is 4.98 Å². The maximum absolute atomic E-state index is 6.01. The molecule has 0 amide bonds. The summed E-state index contributed by atoms with van der Waals surface area (Å²) >= 11 is 0. The van der Waals surface area contributed by atoms with Crippen molar-refractivity contribution in [2.45, 2.75) is 13.3 Å². The van der Waals surface area contributed by atoms with Crippen molar-refractivity contribution in [3.8, 4) is 11.5 Å². The van der Waals surface area contributed by atoms with Crippen molar-refractivity contribution < 1.29 is 4.74 Å². The highest BCUT2D eigenvalue weighted by Crippen LogP contribution is 2.30. The molecule has 0 fully saturated rings. The van der Waals surface area contributed by atoms with Gasteiger partial charge >= 0.3 is 0 Å². The van der Waals surface area contributed by atoms with Gasteiger partial charge in [0.05, 0.1) is 5.69 Å². The van der Waals surface area contributed by atoms with Crippen LogP contribution in [-0.4, -0.2) is 42.1 Å². The summed E-state index contributed by atoms with van der Waals surface area (Å²) in [7, 11) is 4.15. The van der Waals surface area contributed by atoms with Crippen LogP contribution in [0.3, 0.4) is 0 Å². The van der Waals surface area contributed by atoms with Gasteiger partial charge in [-0.1, -0.05) is 30.3 Å². The van der Waals surface area contributed by atoms with Crippen LogP contribution in [0, 0.1) is 6.92 Å². The molecule has 0 bridgehead atoms. The number of rotatable bonds is 9. The Morgan fingerprint density at radius 2 is 1.71 bits per heavy atom. The second kappa shape index (κ2) is 9.71. The number of anilines is 3. The minimum atomic E-state index is 0.541. The molecule has 3 rings (SSSR count). The number of nitrogens with one attached hydrogen (secondary N) is 2. The number of aryl methyl sites for hydroxylation is 1. The normalized spacial score (nSPS) is 10.7. The lowest BCUT2D eigenvalue weighted by Crippen LogP contribution is -2.17. The van der Waals surface area contributed by atoms with Gasteiger partial charge in [-0.2, -0.15) is 4.98 Å². The van der Waals surface area contributed by atoms with Crippen LogP contribution >= 0.6 is 0 Å². The average molecular weight is 377 g/mol. The van der Waals surface area contributed by atoms with E-state index in [1.165, 1.54) is 0 Å². The van der Waals surface area contributed by atoms with E-state index in [0.29, 0.717) is 5.95 Å². The van der Waals surface area contributed by atoms with Gasteiger partial charge in [0.1, 0.15) is 11.6 Å². The Morgan fingerprint density at radius 1 is 0.964 bits per heavy atom. The van der Waals surface area contributed by atoms with E-state index >= 15 is 0 Å². The molecule has 0 spiro atoms. The van der Waals surface area contributed by atoms with Crippen molar-refractivity contribution in [2.24, 2.45) is 0 Å². The quantitative estimate of drug-likeness (QED) is 0.528. The summed E-state index contributed by atoms with van der Waals surface area (Å²) in [4.78, 5) is 11.3. The maximum atomic E-state index is 6.01. The zero-order valence-corrected chi connectivity index (χ0v) is 16.6. The zero-order valence-electron chi connectivity index (χ0n) is 16.6. The zero-order chi connectivity index (χ0) is 19.8. The van der Waals surface area contributed by atoms with Crippen molar-refractivity contribution in [1.82, 2.24) is 14.9 Å². The van der Waals surface area contributed by atoms with Gasteiger partial charge in [-0.15, -0.1) is 0 Å². The third-order valence-electron chi connectivity index (χ3n) is 4.05. The molecule has 6 heteroatoms. The summed E-state index contributed by atoms with van der Waals surface area (Å²) in [6, 6.07) is 19.4. The Labute approximate surface area is 166 Å². The fourth-order valence-corrected chi connectivity index (χ4v) is 2.72. The largest absolute Gasteiger partial charge is 0.455 e. The number of hydrogen-bond donors (Lipinski definition) is 2. The van der Waals surface area contributed by atoms with E-state index in [1.54, 1.807) is 0 Å². The molecule has 3 aromatic rings. The van der Waals surface area contributed by atoms with E-state index in [0.717, 1.165) is 48.2 Å². The highest BCUT2D eigenvalue weighted by molar-refractivity contribution is 5.64. The first-order valence-electron chi connectivity index (χ1n) is 9.43. The predicted molar refractivity (Wildman–Crippen MR) is 115 cm³/mol. The van der Waals surface area contributed by atoms with Crippen LogP contribution in [0.4, 0.5) is 17.5 Å². The topological polar surface area (TPSA) is 62.3 Å². The van der Waals surface area contributed by atoms with Gasteiger partial charge in [0.25, 0.3) is 0 Å². The van der Waals surface area contributed by atoms with Crippen LogP contribution in [0.5, 0.6) is 11.5 Å². The molecular formula is C22H27N5O. The van der Waals surface area contributed by atoms with Crippen LogP contribution in [0.1, 0.15) is 12.1 Å². The van der Waals surface area contributed by atoms with E-state index < -0.39 is 0 Å². The summed E-state index contributed by atoms with van der Waals surface area (Å²) in [5.41, 5.74) is 1.71. The summed E-state index contributed by atoms with van der Waals surface area (Å²) in [5.74, 6) is 2.86. The second-order valence-corrected chi connectivity index (χ2v) is 6.84. The second-order valence-electron chi connectivity index (χ2n) is 6.84. The first-order chi connectivity index (χ1) is 13.6. The Hall–Kier alpha value is -3.12. The molecule has 28 heavy (non-hydrogen) atoms. The molecule has 2 aromatic carbocycles. The van der Waals surface area contributed by atoms with E-state index in [2.05, 4.69) is 39.6 Å². The number of hydrogen-bond acceptors (Lipinski definition) is 6. The van der Waals surface area contributed by atoms with Gasteiger partial charge < -0.3 is 20.3 Å². The van der Waals surface area contributed by atoms with Gasteiger partial charge in [-0.05, 0) is 58.3 Å². The molecule has 0 saturated carbocycles. The Morgan fingerprint density at radius 3 is 2.50 bits per heavy atom. The molecule has 1 aromatic heterocycles. The van der Waals surface area contributed by atoms with Crippen LogP contribution in [-0.2, 0) is 0 Å².